The zero-order valence-electron chi connectivity index (χ0n) is 6.65. The Kier molecular flexibility index (Phi) is 6.57. The fourth-order valence-electron chi connectivity index (χ4n) is 0.339. The summed E-state index contributed by atoms with van der Waals surface area (Å²) in [6.45, 7) is 0. The highest BCUT2D eigenvalue weighted by Crippen LogP contribution is 2.47. The lowest BCUT2D eigenvalue weighted by Crippen LogP contribution is -2.06. The summed E-state index contributed by atoms with van der Waals surface area (Å²) in [5.41, 5.74) is 0. The molecule has 0 N–H and O–H groups in total. The molecule has 0 amide bonds. The van der Waals surface area contributed by atoms with Crippen LogP contribution in [0.1, 0.15) is 0 Å². The van der Waals surface area contributed by atoms with Gasteiger partial charge in [0.25, 0.3) is 0 Å². The van der Waals surface area contributed by atoms with Crippen molar-refractivity contribution < 1.29 is 17.9 Å². The molecule has 0 aliphatic carbocycles. The molecular weight excluding hydrogens is 205 g/mol. The van der Waals surface area contributed by atoms with Gasteiger partial charge in [-0.05, 0) is 0 Å². The quantitative estimate of drug-likeness (QED) is 0.421. The van der Waals surface area contributed by atoms with Crippen molar-refractivity contribution in [3.8, 4) is 17.9 Å². The first kappa shape index (κ1) is 12.8. The van der Waals surface area contributed by atoms with Gasteiger partial charge >= 0.3 is 30.3 Å². The molecule has 0 bridgehead atoms. The lowest BCUT2D eigenvalue weighted by molar-refractivity contribution is 0.320. The molecule has 14 heavy (non-hydrogen) atoms. The van der Waals surface area contributed by atoms with E-state index in [9.17, 15) is 4.57 Å². The van der Waals surface area contributed by atoms with E-state index in [1.165, 1.54) is 17.9 Å². The summed E-state index contributed by atoms with van der Waals surface area (Å²) in [6, 6.07) is 0. The molecule has 0 fully saturated rings. The fraction of sp³-hybridized carbons (Fsp3) is 0. The Morgan fingerprint density at radius 3 is 1.36 bits per heavy atom. The summed E-state index contributed by atoms with van der Waals surface area (Å²) in [5, 5.41) is 24.2. The average Bonchev–Trinajstić information content (AvgIpc) is 2.21. The predicted octanol–water partition coefficient (Wildman–Crippen LogP) is -0.555. The maximum Gasteiger partial charge on any atom is 0.440 e. The van der Waals surface area contributed by atoms with Gasteiger partial charge < -0.3 is 13.3 Å². The molecule has 3 radical (unpaired) electrons. The second-order valence-electron chi connectivity index (χ2n) is 1.50. The maximum atomic E-state index is 11.3. The Labute approximate surface area is 82.6 Å². The summed E-state index contributed by atoms with van der Waals surface area (Å²) in [6.07, 6.45) is 0. The van der Waals surface area contributed by atoms with Crippen LogP contribution in [0.3, 0.4) is 0 Å². The van der Waals surface area contributed by atoms with E-state index in [0.29, 0.717) is 22.4 Å². The fourth-order valence-corrected chi connectivity index (χ4v) is 1.02. The zero-order chi connectivity index (χ0) is 10.9. The van der Waals surface area contributed by atoms with Gasteiger partial charge in [-0.25, -0.2) is 20.4 Å². The lowest BCUT2D eigenvalue weighted by Gasteiger charge is -2.13. The smallest absolute Gasteiger partial charge is 0.336 e. The van der Waals surface area contributed by atoms with Crippen molar-refractivity contribution in [3.05, 3.63) is 0 Å². The number of rotatable bonds is 6. The Hall–Kier alpha value is -1.23. The van der Waals surface area contributed by atoms with E-state index in [0.717, 1.165) is 0 Å². The number of hydrogen-bond donors (Lipinski definition) is 0. The average molecular weight is 205 g/mol. The van der Waals surface area contributed by atoms with Crippen LogP contribution in [0.25, 0.3) is 0 Å². The first-order valence-corrected chi connectivity index (χ1v) is 4.43. The van der Waals surface area contributed by atoms with Gasteiger partial charge in [-0.15, -0.1) is 0 Å². The second kappa shape index (κ2) is 7.20. The van der Waals surface area contributed by atoms with Crippen LogP contribution >= 0.6 is 7.82 Å². The molecule has 0 spiro atoms. The van der Waals surface area contributed by atoms with E-state index in [-0.39, 0.29) is 0 Å². The van der Waals surface area contributed by atoms with Crippen molar-refractivity contribution in [1.29, 1.82) is 15.8 Å². The Morgan fingerprint density at radius 2 is 1.14 bits per heavy atom. The molecule has 11 heteroatoms. The predicted molar refractivity (Wildman–Crippen MR) is 45.0 cm³/mol. The van der Waals surface area contributed by atoms with Crippen molar-refractivity contribution in [2.75, 3.05) is 0 Å². The summed E-state index contributed by atoms with van der Waals surface area (Å²) in [4.78, 5) is 0. The van der Waals surface area contributed by atoms with E-state index < -0.39 is 7.82 Å². The number of nitrogens with zero attached hydrogens (tertiary/aromatic N) is 3. The third-order valence-electron chi connectivity index (χ3n) is 0.704. The molecule has 0 atom stereocenters. The SMILES string of the molecule is N#C[B]OP(=O)(O[B]C#N)O[B]C#N. The molecule has 0 aliphatic heterocycles. The molecule has 65 valence electrons. The molecule has 0 aromatic carbocycles. The molecule has 7 nitrogen and oxygen atoms in total. The van der Waals surface area contributed by atoms with Crippen molar-refractivity contribution in [1.82, 2.24) is 0 Å². The summed E-state index contributed by atoms with van der Waals surface area (Å²) < 4.78 is 24.0. The molecule has 0 aromatic rings. The number of phosphoric acid groups is 1. The monoisotopic (exact) mass is 206 g/mol. The van der Waals surface area contributed by atoms with E-state index >= 15 is 0 Å². The third kappa shape index (κ3) is 5.43. The van der Waals surface area contributed by atoms with E-state index in [1.54, 1.807) is 0 Å². The highest BCUT2D eigenvalue weighted by atomic mass is 31.2. The minimum Gasteiger partial charge on any atom is -0.336 e. The van der Waals surface area contributed by atoms with Crippen LogP contribution < -0.4 is 0 Å². The minimum atomic E-state index is -4.10. The topological polar surface area (TPSA) is 116 Å². The first-order valence-electron chi connectivity index (χ1n) is 2.97. The van der Waals surface area contributed by atoms with Gasteiger partial charge in [0.1, 0.15) is 0 Å². The van der Waals surface area contributed by atoms with Crippen LogP contribution in [-0.2, 0) is 17.9 Å². The molecule has 0 rings (SSSR count). The first-order chi connectivity index (χ1) is 6.68. The van der Waals surface area contributed by atoms with Gasteiger partial charge in [-0.2, -0.15) is 0 Å². The van der Waals surface area contributed by atoms with Crippen molar-refractivity contribution >= 4 is 30.3 Å². The molecule has 0 saturated carbocycles. The van der Waals surface area contributed by atoms with Crippen LogP contribution in [0.5, 0.6) is 0 Å². The van der Waals surface area contributed by atoms with Gasteiger partial charge in [-0.3, -0.25) is 0 Å². The molecule has 0 aliphatic rings. The lowest BCUT2D eigenvalue weighted by atomic mass is 10.1. The number of hydrogen-bond acceptors (Lipinski definition) is 7. The van der Waals surface area contributed by atoms with Crippen LogP contribution in [0.2, 0.25) is 0 Å². The Morgan fingerprint density at radius 1 is 0.857 bits per heavy atom. The largest absolute Gasteiger partial charge is 0.440 e. The molecule has 0 heterocycles. The van der Waals surface area contributed by atoms with Gasteiger partial charge in [0.15, 0.2) is 0 Å². The summed E-state index contributed by atoms with van der Waals surface area (Å²) in [5.74, 6) is 4.21. The summed E-state index contributed by atoms with van der Waals surface area (Å²) >= 11 is 0. The maximum absolute atomic E-state index is 11.3. The van der Waals surface area contributed by atoms with Crippen molar-refractivity contribution in [2.24, 2.45) is 0 Å². The van der Waals surface area contributed by atoms with Crippen LogP contribution in [0.4, 0.5) is 0 Å². The van der Waals surface area contributed by atoms with Crippen LogP contribution in [0.15, 0.2) is 0 Å². The Bertz CT molecular complexity index is 290. The van der Waals surface area contributed by atoms with E-state index in [2.05, 4.69) is 13.3 Å². The zero-order valence-corrected chi connectivity index (χ0v) is 7.55. The molecular formula is C3B3N3O4P. The van der Waals surface area contributed by atoms with Gasteiger partial charge in [0.05, 0.1) is 0 Å². The van der Waals surface area contributed by atoms with Crippen molar-refractivity contribution in [3.63, 3.8) is 0 Å². The third-order valence-corrected chi connectivity index (χ3v) is 1.79. The highest BCUT2D eigenvalue weighted by Gasteiger charge is 2.26. The summed E-state index contributed by atoms with van der Waals surface area (Å²) in [7, 11) is -2.61. The van der Waals surface area contributed by atoms with Gasteiger partial charge in [-0.1, -0.05) is 0 Å². The van der Waals surface area contributed by atoms with E-state index in [1.807, 2.05) is 0 Å². The second-order valence-corrected chi connectivity index (χ2v) is 3.03. The van der Waals surface area contributed by atoms with E-state index in [4.69, 9.17) is 15.8 Å². The van der Waals surface area contributed by atoms with Gasteiger partial charge in [0.2, 0.25) is 0 Å². The molecule has 0 saturated heterocycles. The molecule has 0 unspecified atom stereocenters. The minimum absolute atomic E-state index is 0.497. The molecule has 0 aromatic heterocycles. The number of nitriles is 3. The van der Waals surface area contributed by atoms with Gasteiger partial charge in [0, 0.05) is 17.9 Å². The normalized spacial score (nSPS) is 8.93. The van der Waals surface area contributed by atoms with Crippen LogP contribution in [-0.4, -0.2) is 22.4 Å². The Balaban J connectivity index is 4.22. The highest BCUT2D eigenvalue weighted by molar-refractivity contribution is 7.52. The standard InChI is InChI=1S/C3B3N3O4P/c7-1-4-11-14(10,12-5-2-8)13-6-3-9. The van der Waals surface area contributed by atoms with Crippen molar-refractivity contribution in [2.45, 2.75) is 0 Å². The van der Waals surface area contributed by atoms with Crippen LogP contribution in [0, 0.1) is 33.7 Å².